The van der Waals surface area contributed by atoms with Gasteiger partial charge in [-0.15, -0.1) is 0 Å². The molecule has 0 amide bonds. The van der Waals surface area contributed by atoms with E-state index in [1.54, 1.807) is 11.8 Å². The summed E-state index contributed by atoms with van der Waals surface area (Å²) in [5.74, 6) is 2.34. The highest BCUT2D eigenvalue weighted by atomic mass is 32.1. The number of hydrogen-bond donors (Lipinski definition) is 1. The molecule has 0 bridgehead atoms. The van der Waals surface area contributed by atoms with Gasteiger partial charge in [-0.25, -0.2) is 9.67 Å². The number of aryl methyl sites for hydroxylation is 1. The van der Waals surface area contributed by atoms with E-state index < -0.39 is 0 Å². The van der Waals surface area contributed by atoms with E-state index in [9.17, 15) is 0 Å². The molecule has 0 aliphatic heterocycles. The molecule has 0 radical (unpaired) electrons. The second-order valence-electron chi connectivity index (χ2n) is 4.39. The zero-order valence-corrected chi connectivity index (χ0v) is 11.2. The largest absolute Gasteiger partial charge is 0.481 e. The molecule has 0 spiro atoms. The van der Waals surface area contributed by atoms with E-state index in [4.69, 9.17) is 4.74 Å². The lowest BCUT2D eigenvalue weighted by Gasteiger charge is -1.97. The number of nitrogens with zero attached hydrogens (tertiary/aromatic N) is 4. The Morgan fingerprint density at radius 1 is 1.56 bits per heavy atom. The molecule has 0 aromatic carbocycles. The van der Waals surface area contributed by atoms with Gasteiger partial charge in [-0.1, -0.05) is 0 Å². The highest BCUT2D eigenvalue weighted by Gasteiger charge is 2.27. The Hall–Kier alpha value is -1.63. The fourth-order valence-electron chi connectivity index (χ4n) is 1.76. The third kappa shape index (κ3) is 2.31. The number of ether oxygens (including phenoxy) is 1. The predicted octanol–water partition coefficient (Wildman–Crippen LogP) is 1.77. The molecule has 1 N–H and O–H groups in total. The van der Waals surface area contributed by atoms with E-state index in [1.807, 2.05) is 13.1 Å². The lowest BCUT2D eigenvalue weighted by molar-refractivity contribution is 0.373. The molecule has 2 aromatic heterocycles. The fraction of sp³-hybridized carbons (Fsp3) is 0.545. The summed E-state index contributed by atoms with van der Waals surface area (Å²) in [5.41, 5.74) is 0.928. The lowest BCUT2D eigenvalue weighted by atomic mass is 10.4. The van der Waals surface area contributed by atoms with Crippen LogP contribution >= 0.6 is 11.5 Å². The third-order valence-electron chi connectivity index (χ3n) is 2.90. The van der Waals surface area contributed by atoms with Crippen molar-refractivity contribution >= 4 is 16.7 Å². The molecular formula is C11H15N5OS. The summed E-state index contributed by atoms with van der Waals surface area (Å²) < 4.78 is 11.2. The Morgan fingerprint density at radius 3 is 3.06 bits per heavy atom. The van der Waals surface area contributed by atoms with Gasteiger partial charge in [0.25, 0.3) is 0 Å². The molecule has 1 aliphatic carbocycles. The van der Waals surface area contributed by atoms with Crippen LogP contribution < -0.4 is 10.1 Å². The van der Waals surface area contributed by atoms with Gasteiger partial charge in [0.2, 0.25) is 11.0 Å². The van der Waals surface area contributed by atoms with Crippen LogP contribution in [0.25, 0.3) is 0 Å². The van der Waals surface area contributed by atoms with Crippen LogP contribution in [-0.2, 0) is 13.6 Å². The summed E-state index contributed by atoms with van der Waals surface area (Å²) >= 11 is 1.42. The standard InChI is InChI=1S/C11H15N5OS/c1-16-9(17-2)5-8(14-16)6-12-11-13-10(15-18-11)7-3-4-7/h5,7H,3-4,6H2,1-2H3,(H,12,13,15). The summed E-state index contributed by atoms with van der Waals surface area (Å²) in [7, 11) is 3.50. The van der Waals surface area contributed by atoms with E-state index >= 15 is 0 Å². The van der Waals surface area contributed by atoms with Gasteiger partial charge in [0.15, 0.2) is 0 Å². The summed E-state index contributed by atoms with van der Waals surface area (Å²) in [5, 5.41) is 8.44. The monoisotopic (exact) mass is 265 g/mol. The van der Waals surface area contributed by atoms with Gasteiger partial charge < -0.3 is 10.1 Å². The molecule has 0 unspecified atom stereocenters. The zero-order chi connectivity index (χ0) is 12.5. The minimum atomic E-state index is 0.603. The van der Waals surface area contributed by atoms with Crippen LogP contribution in [0.5, 0.6) is 5.88 Å². The topological polar surface area (TPSA) is 64.9 Å². The molecule has 18 heavy (non-hydrogen) atoms. The minimum absolute atomic E-state index is 0.603. The van der Waals surface area contributed by atoms with Gasteiger partial charge >= 0.3 is 0 Å². The van der Waals surface area contributed by atoms with E-state index in [-0.39, 0.29) is 0 Å². The third-order valence-corrected chi connectivity index (χ3v) is 3.59. The maximum Gasteiger partial charge on any atom is 0.211 e. The normalized spacial score (nSPS) is 14.8. The molecule has 2 heterocycles. The van der Waals surface area contributed by atoms with Crippen LogP contribution in [0.2, 0.25) is 0 Å². The highest BCUT2D eigenvalue weighted by molar-refractivity contribution is 7.09. The molecule has 1 saturated carbocycles. The summed E-state index contributed by atoms with van der Waals surface area (Å²) in [4.78, 5) is 4.47. The molecule has 0 saturated heterocycles. The summed E-state index contributed by atoms with van der Waals surface area (Å²) in [6.45, 7) is 0.635. The fourth-order valence-corrected chi connectivity index (χ4v) is 2.41. The first-order valence-electron chi connectivity index (χ1n) is 5.90. The zero-order valence-electron chi connectivity index (χ0n) is 10.4. The molecule has 6 nitrogen and oxygen atoms in total. The van der Waals surface area contributed by atoms with Gasteiger partial charge in [0.05, 0.1) is 19.3 Å². The molecule has 1 fully saturated rings. The smallest absolute Gasteiger partial charge is 0.211 e. The minimum Gasteiger partial charge on any atom is -0.481 e. The van der Waals surface area contributed by atoms with Crippen molar-refractivity contribution in [2.45, 2.75) is 25.3 Å². The van der Waals surface area contributed by atoms with E-state index in [2.05, 4.69) is 19.8 Å². The van der Waals surface area contributed by atoms with Crippen LogP contribution in [0, 0.1) is 0 Å². The average molecular weight is 265 g/mol. The second-order valence-corrected chi connectivity index (χ2v) is 5.14. The average Bonchev–Trinajstić information content (AvgIpc) is 3.00. The van der Waals surface area contributed by atoms with Crippen molar-refractivity contribution in [3.8, 4) is 5.88 Å². The van der Waals surface area contributed by atoms with E-state index in [1.165, 1.54) is 24.4 Å². The Labute approximate surface area is 109 Å². The van der Waals surface area contributed by atoms with Crippen molar-refractivity contribution in [1.29, 1.82) is 0 Å². The van der Waals surface area contributed by atoms with Crippen LogP contribution in [0.4, 0.5) is 5.13 Å². The predicted molar refractivity (Wildman–Crippen MR) is 69.0 cm³/mol. The van der Waals surface area contributed by atoms with Crippen molar-refractivity contribution in [1.82, 2.24) is 19.1 Å². The van der Waals surface area contributed by atoms with Crippen molar-refractivity contribution in [3.63, 3.8) is 0 Å². The molecule has 2 aromatic rings. The van der Waals surface area contributed by atoms with Crippen LogP contribution in [0.1, 0.15) is 30.3 Å². The molecule has 3 rings (SSSR count). The molecule has 0 atom stereocenters. The quantitative estimate of drug-likeness (QED) is 0.892. The Bertz CT molecular complexity index is 545. The first-order chi connectivity index (χ1) is 8.76. The maximum atomic E-state index is 5.17. The van der Waals surface area contributed by atoms with Crippen molar-refractivity contribution in [2.24, 2.45) is 7.05 Å². The second kappa shape index (κ2) is 4.56. The van der Waals surface area contributed by atoms with Gasteiger partial charge in [-0.05, 0) is 12.8 Å². The van der Waals surface area contributed by atoms with Crippen LogP contribution in [0.15, 0.2) is 6.07 Å². The molecular weight excluding hydrogens is 250 g/mol. The highest BCUT2D eigenvalue weighted by Crippen LogP contribution is 2.39. The SMILES string of the molecule is COc1cc(CNc2nc(C3CC3)ns2)nn1C. The van der Waals surface area contributed by atoms with Crippen LogP contribution in [0.3, 0.4) is 0 Å². The summed E-state index contributed by atoms with van der Waals surface area (Å²) in [6, 6.07) is 1.91. The first kappa shape index (κ1) is 11.5. The van der Waals surface area contributed by atoms with Crippen molar-refractivity contribution in [2.75, 3.05) is 12.4 Å². The van der Waals surface area contributed by atoms with Crippen molar-refractivity contribution in [3.05, 3.63) is 17.6 Å². The number of nitrogens with one attached hydrogen (secondary N) is 1. The van der Waals surface area contributed by atoms with E-state index in [0.29, 0.717) is 12.5 Å². The van der Waals surface area contributed by atoms with Crippen molar-refractivity contribution < 1.29 is 4.74 Å². The van der Waals surface area contributed by atoms with Gasteiger partial charge in [0, 0.05) is 30.6 Å². The molecule has 96 valence electrons. The molecule has 7 heteroatoms. The Morgan fingerprint density at radius 2 is 2.39 bits per heavy atom. The van der Waals surface area contributed by atoms with Gasteiger partial charge in [0.1, 0.15) is 5.82 Å². The van der Waals surface area contributed by atoms with Crippen LogP contribution in [-0.4, -0.2) is 26.2 Å². The maximum absolute atomic E-state index is 5.17. The number of methoxy groups -OCH3 is 1. The first-order valence-corrected chi connectivity index (χ1v) is 6.68. The number of hydrogen-bond acceptors (Lipinski definition) is 6. The lowest BCUT2D eigenvalue weighted by Crippen LogP contribution is -2.01. The molecule has 1 aliphatic rings. The number of anilines is 1. The van der Waals surface area contributed by atoms with Gasteiger partial charge in [-0.2, -0.15) is 9.47 Å². The summed E-state index contributed by atoms with van der Waals surface area (Å²) in [6.07, 6.45) is 2.46. The Kier molecular flexibility index (Phi) is 2.91. The Balaban J connectivity index is 1.61. The van der Waals surface area contributed by atoms with Gasteiger partial charge in [-0.3, -0.25) is 0 Å². The number of rotatable bonds is 5. The van der Waals surface area contributed by atoms with E-state index in [0.717, 1.165) is 22.5 Å². The number of aromatic nitrogens is 4.